The van der Waals surface area contributed by atoms with Gasteiger partial charge in [-0.25, -0.2) is 0 Å². The van der Waals surface area contributed by atoms with Gasteiger partial charge in [-0.05, 0) is 19.2 Å². The minimum absolute atomic E-state index is 0.105. The molecule has 3 rings (SSSR count). The first-order valence-corrected chi connectivity index (χ1v) is 8.03. The highest BCUT2D eigenvalue weighted by molar-refractivity contribution is 6.01. The van der Waals surface area contributed by atoms with Crippen LogP contribution in [0.3, 0.4) is 0 Å². The monoisotopic (exact) mass is 359 g/mol. The normalized spacial score (nSPS) is 30.8. The molecular formula is C17H17N3O6. The van der Waals surface area contributed by atoms with E-state index in [4.69, 9.17) is 0 Å². The highest BCUT2D eigenvalue weighted by Crippen LogP contribution is 2.45. The molecule has 1 aliphatic heterocycles. The summed E-state index contributed by atoms with van der Waals surface area (Å²) in [5.41, 5.74) is -3.77. The van der Waals surface area contributed by atoms with Crippen LogP contribution in [0.15, 0.2) is 42.5 Å². The zero-order valence-electron chi connectivity index (χ0n) is 14.0. The molecule has 2 bridgehead atoms. The maximum atomic E-state index is 12.7. The van der Waals surface area contributed by atoms with Crippen molar-refractivity contribution in [2.45, 2.75) is 17.5 Å². The van der Waals surface area contributed by atoms with Crippen LogP contribution < -0.4 is 0 Å². The van der Waals surface area contributed by atoms with E-state index < -0.39 is 44.8 Å². The summed E-state index contributed by atoms with van der Waals surface area (Å²) in [4.78, 5) is 49.1. The fourth-order valence-corrected chi connectivity index (χ4v) is 4.11. The number of piperidine rings is 1. The van der Waals surface area contributed by atoms with Crippen LogP contribution in [0, 0.1) is 26.1 Å². The van der Waals surface area contributed by atoms with Gasteiger partial charge in [0.05, 0.1) is 13.1 Å². The lowest BCUT2D eigenvalue weighted by molar-refractivity contribution is -0.623. The van der Waals surface area contributed by atoms with Crippen molar-refractivity contribution in [3.63, 3.8) is 0 Å². The molecule has 1 heterocycles. The molecule has 0 amide bonds. The van der Waals surface area contributed by atoms with Gasteiger partial charge in [-0.2, -0.15) is 0 Å². The maximum absolute atomic E-state index is 12.7. The topological polar surface area (TPSA) is 124 Å². The fourth-order valence-electron chi connectivity index (χ4n) is 4.11. The highest BCUT2D eigenvalue weighted by Gasteiger charge is 2.73. The van der Waals surface area contributed by atoms with Crippen LogP contribution in [-0.2, 0) is 4.79 Å². The Bertz CT molecular complexity index is 823. The standard InChI is InChI=1S/C17H17N3O6/c1-18-10-16(19(23)24)8-7-15(22)17(11-18,20(25)26)14(16)9-13(21)12-5-3-2-4-6-12/h2-8,14H,9-11H2,1H3/t14-,16-,17+/m0/s1. The maximum Gasteiger partial charge on any atom is 0.305 e. The van der Waals surface area contributed by atoms with Gasteiger partial charge < -0.3 is 0 Å². The predicted molar refractivity (Wildman–Crippen MR) is 90.0 cm³/mol. The first-order chi connectivity index (χ1) is 12.2. The van der Waals surface area contributed by atoms with Gasteiger partial charge >= 0.3 is 5.54 Å². The summed E-state index contributed by atoms with van der Waals surface area (Å²) >= 11 is 0. The van der Waals surface area contributed by atoms with Gasteiger partial charge in [0.2, 0.25) is 5.78 Å². The quantitative estimate of drug-likeness (QED) is 0.436. The summed E-state index contributed by atoms with van der Waals surface area (Å²) in [7, 11) is 1.50. The van der Waals surface area contributed by atoms with Crippen LogP contribution in [0.25, 0.3) is 0 Å². The van der Waals surface area contributed by atoms with E-state index in [1.807, 2.05) is 0 Å². The Hall–Kier alpha value is -2.94. The van der Waals surface area contributed by atoms with E-state index in [-0.39, 0.29) is 13.1 Å². The third-order valence-corrected chi connectivity index (χ3v) is 5.32. The number of rotatable bonds is 5. The predicted octanol–water partition coefficient (Wildman–Crippen LogP) is 0.991. The number of carbonyl (C=O) groups excluding carboxylic acids is 2. The van der Waals surface area contributed by atoms with E-state index in [2.05, 4.69) is 0 Å². The molecule has 26 heavy (non-hydrogen) atoms. The number of fused-ring (bicyclic) bond motifs is 2. The smallest absolute Gasteiger partial charge is 0.294 e. The van der Waals surface area contributed by atoms with Crippen LogP contribution in [0.2, 0.25) is 0 Å². The molecular weight excluding hydrogens is 342 g/mol. The molecule has 3 atom stereocenters. The molecule has 9 heteroatoms. The number of likely N-dealkylation sites (N-methyl/N-ethyl adjacent to an activating group) is 1. The third kappa shape index (κ3) is 2.43. The van der Waals surface area contributed by atoms with E-state index in [9.17, 15) is 29.8 Å². The molecule has 0 saturated carbocycles. The Morgan fingerprint density at radius 3 is 2.42 bits per heavy atom. The number of Topliss-reactive ketones (excluding diaryl/α,β-unsaturated/α-hetero) is 1. The van der Waals surface area contributed by atoms with Crippen molar-refractivity contribution < 1.29 is 19.4 Å². The van der Waals surface area contributed by atoms with Crippen LogP contribution in [-0.4, -0.2) is 57.5 Å². The molecule has 1 aromatic rings. The van der Waals surface area contributed by atoms with Crippen molar-refractivity contribution in [3.05, 3.63) is 68.3 Å². The zero-order chi connectivity index (χ0) is 19.1. The zero-order valence-corrected chi connectivity index (χ0v) is 14.0. The van der Waals surface area contributed by atoms with Gasteiger partial charge in [-0.15, -0.1) is 0 Å². The van der Waals surface area contributed by atoms with E-state index in [0.29, 0.717) is 5.56 Å². The van der Waals surface area contributed by atoms with Gasteiger partial charge in [0.1, 0.15) is 5.92 Å². The Balaban J connectivity index is 2.13. The molecule has 1 aliphatic carbocycles. The second kappa shape index (κ2) is 6.10. The lowest BCUT2D eigenvalue weighted by Crippen LogP contribution is -2.74. The van der Waals surface area contributed by atoms with Crippen molar-refractivity contribution in [2.24, 2.45) is 5.92 Å². The van der Waals surface area contributed by atoms with Gasteiger partial charge in [0.25, 0.3) is 5.54 Å². The van der Waals surface area contributed by atoms with Gasteiger partial charge in [0, 0.05) is 21.8 Å². The van der Waals surface area contributed by atoms with Crippen molar-refractivity contribution >= 4 is 11.6 Å². The van der Waals surface area contributed by atoms with Crippen molar-refractivity contribution in [2.75, 3.05) is 20.1 Å². The molecule has 136 valence electrons. The Morgan fingerprint density at radius 2 is 1.85 bits per heavy atom. The lowest BCUT2D eigenvalue weighted by atomic mass is 9.60. The number of carbonyl (C=O) groups is 2. The second-order valence-corrected chi connectivity index (χ2v) is 6.85. The van der Waals surface area contributed by atoms with E-state index in [1.165, 1.54) is 11.9 Å². The van der Waals surface area contributed by atoms with Crippen LogP contribution in [0.1, 0.15) is 16.8 Å². The Morgan fingerprint density at radius 1 is 1.19 bits per heavy atom. The molecule has 1 aromatic carbocycles. The van der Waals surface area contributed by atoms with Crippen molar-refractivity contribution in [1.82, 2.24) is 4.90 Å². The average Bonchev–Trinajstić information content (AvgIpc) is 2.60. The number of benzene rings is 1. The molecule has 0 unspecified atom stereocenters. The van der Waals surface area contributed by atoms with Crippen LogP contribution in [0.5, 0.6) is 0 Å². The van der Waals surface area contributed by atoms with Crippen molar-refractivity contribution in [1.29, 1.82) is 0 Å². The summed E-state index contributed by atoms with van der Waals surface area (Å²) < 4.78 is 0. The number of nitrogens with zero attached hydrogens (tertiary/aromatic N) is 3. The summed E-state index contributed by atoms with van der Waals surface area (Å²) in [5.74, 6) is -2.63. The molecule has 0 spiro atoms. The fraction of sp³-hybridized carbons (Fsp3) is 0.412. The van der Waals surface area contributed by atoms with E-state index in [0.717, 1.165) is 12.2 Å². The second-order valence-electron chi connectivity index (χ2n) is 6.85. The van der Waals surface area contributed by atoms with Crippen LogP contribution in [0.4, 0.5) is 0 Å². The first kappa shape index (κ1) is 17.9. The number of likely N-dealkylation sites (tertiary alicyclic amines) is 1. The highest BCUT2D eigenvalue weighted by atomic mass is 16.6. The van der Waals surface area contributed by atoms with Gasteiger partial charge in [-0.3, -0.25) is 34.7 Å². The SMILES string of the molecule is CN1C[C@@]2([N+](=O)[O-])C=CC(=O)[C@@]([N+](=O)[O-])(C1)[C@H]2CC(=O)c1ccccc1. The molecule has 2 aliphatic rings. The lowest BCUT2D eigenvalue weighted by Gasteiger charge is -2.47. The number of hydrogen-bond acceptors (Lipinski definition) is 7. The Kier molecular flexibility index (Phi) is 4.19. The van der Waals surface area contributed by atoms with Crippen LogP contribution >= 0.6 is 0 Å². The number of ketones is 2. The number of nitro groups is 2. The van der Waals surface area contributed by atoms with E-state index in [1.54, 1.807) is 30.3 Å². The molecule has 1 fully saturated rings. The molecule has 0 N–H and O–H groups in total. The molecule has 9 nitrogen and oxygen atoms in total. The summed E-state index contributed by atoms with van der Waals surface area (Å²) in [6.07, 6.45) is 1.60. The van der Waals surface area contributed by atoms with Crippen molar-refractivity contribution in [3.8, 4) is 0 Å². The minimum atomic E-state index is -2.21. The van der Waals surface area contributed by atoms with Gasteiger partial charge in [0.15, 0.2) is 5.78 Å². The van der Waals surface area contributed by atoms with E-state index >= 15 is 0 Å². The van der Waals surface area contributed by atoms with Gasteiger partial charge in [-0.1, -0.05) is 30.3 Å². The Labute approximate surface area is 148 Å². The minimum Gasteiger partial charge on any atom is -0.294 e. The molecule has 0 aromatic heterocycles. The first-order valence-electron chi connectivity index (χ1n) is 8.03. The average molecular weight is 359 g/mol. The largest absolute Gasteiger partial charge is 0.305 e. The summed E-state index contributed by atoms with van der Waals surface area (Å²) in [6.45, 7) is -0.377. The molecule has 1 saturated heterocycles. The summed E-state index contributed by atoms with van der Waals surface area (Å²) in [6, 6.07) is 8.08. The molecule has 0 radical (unpaired) electrons. The number of hydrogen-bond donors (Lipinski definition) is 0. The third-order valence-electron chi connectivity index (χ3n) is 5.32. The summed E-state index contributed by atoms with van der Waals surface area (Å²) in [5, 5.41) is 23.8.